The molecule has 0 aliphatic carbocycles. The summed E-state index contributed by atoms with van der Waals surface area (Å²) in [6.45, 7) is 13.4. The van der Waals surface area contributed by atoms with E-state index in [1.165, 1.54) is 50.1 Å². The Kier molecular flexibility index (Phi) is 12.3. The quantitative estimate of drug-likeness (QED) is 0.120. The van der Waals surface area contributed by atoms with Crippen molar-refractivity contribution in [2.45, 2.75) is 47.5 Å². The highest BCUT2D eigenvalue weighted by Crippen LogP contribution is 2.43. The van der Waals surface area contributed by atoms with Gasteiger partial charge in [0.15, 0.2) is 17.5 Å². The van der Waals surface area contributed by atoms with Crippen LogP contribution < -0.4 is 4.90 Å². The van der Waals surface area contributed by atoms with Gasteiger partial charge in [-0.2, -0.15) is 9.97 Å². The molecule has 0 aliphatic heterocycles. The van der Waals surface area contributed by atoms with Crippen LogP contribution in [0, 0.1) is 41.5 Å². The summed E-state index contributed by atoms with van der Waals surface area (Å²) in [7, 11) is 0. The lowest BCUT2D eigenvalue weighted by Gasteiger charge is -2.28. The fraction of sp³-hybridized carbons (Fsp3) is 0.106. The standard InChI is InChI=1S/C66H54N6/c1-42-36-44(3)60(45(4)37-42)62(61-46(5)38-43(2)39-47(61)6)51-32-34-57(35-33-51)72(59-41-58(67-63(68-59)52-21-12-8-13-22-52)56-31-28-49-20-16-17-25-55(49)40-56)66-70-64(53-23-14-9-15-24-53)69-65(71-66)54-29-26-50(27-30-54)48-18-10-7-11-19-48/h7-41,62H,1-6H3. The number of anilines is 3. The van der Waals surface area contributed by atoms with Gasteiger partial charge in [0.1, 0.15) is 5.82 Å². The Morgan fingerprint density at radius 2 is 0.764 bits per heavy atom. The maximum Gasteiger partial charge on any atom is 0.239 e. The molecular formula is C66H54N6. The third-order valence-electron chi connectivity index (χ3n) is 13.7. The van der Waals surface area contributed by atoms with E-state index in [1.54, 1.807) is 0 Å². The average Bonchev–Trinajstić information content (AvgIpc) is 3.41. The maximum absolute atomic E-state index is 5.42. The molecule has 11 rings (SSSR count). The van der Waals surface area contributed by atoms with Crippen molar-refractivity contribution in [3.05, 3.63) is 262 Å². The SMILES string of the molecule is Cc1cc(C)c(C(c2ccc(N(c3cc(-c4ccc5ccccc5c4)nc(-c4ccccc4)n3)c3nc(-c4ccccc4)nc(-c4ccc(-c5ccccc5)cc4)n3)cc2)c2c(C)cc(C)cc2C)c(C)c1. The average molecular weight is 931 g/mol. The van der Waals surface area contributed by atoms with Crippen molar-refractivity contribution in [3.63, 3.8) is 0 Å². The van der Waals surface area contributed by atoms with Gasteiger partial charge in [0.25, 0.3) is 0 Å². The highest BCUT2D eigenvalue weighted by atomic mass is 15.3. The molecule has 72 heavy (non-hydrogen) atoms. The van der Waals surface area contributed by atoms with Gasteiger partial charge in [-0.15, -0.1) is 0 Å². The summed E-state index contributed by atoms with van der Waals surface area (Å²) in [5.74, 6) is 2.71. The summed E-state index contributed by atoms with van der Waals surface area (Å²) >= 11 is 0. The monoisotopic (exact) mass is 930 g/mol. The summed E-state index contributed by atoms with van der Waals surface area (Å²) in [5, 5.41) is 2.29. The maximum atomic E-state index is 5.42. The van der Waals surface area contributed by atoms with Gasteiger partial charge in [0.2, 0.25) is 5.95 Å². The molecule has 0 bridgehead atoms. The Hall–Kier alpha value is -8.87. The number of aryl methyl sites for hydroxylation is 6. The predicted molar refractivity (Wildman–Crippen MR) is 297 cm³/mol. The molecule has 0 fully saturated rings. The Labute approximate surface area is 422 Å². The van der Waals surface area contributed by atoms with Crippen molar-refractivity contribution < 1.29 is 0 Å². The van der Waals surface area contributed by atoms with Gasteiger partial charge in [-0.05, 0) is 121 Å². The van der Waals surface area contributed by atoms with Crippen LogP contribution >= 0.6 is 0 Å². The van der Waals surface area contributed by atoms with E-state index in [9.17, 15) is 0 Å². The van der Waals surface area contributed by atoms with Crippen molar-refractivity contribution in [2.75, 3.05) is 4.90 Å². The molecule has 0 unspecified atom stereocenters. The molecule has 2 aromatic heterocycles. The van der Waals surface area contributed by atoms with E-state index < -0.39 is 0 Å². The fourth-order valence-electron chi connectivity index (χ4n) is 10.5. The van der Waals surface area contributed by atoms with Crippen LogP contribution in [0.3, 0.4) is 0 Å². The number of aromatic nitrogens is 5. The lowest BCUT2D eigenvalue weighted by atomic mass is 9.77. The molecule has 0 spiro atoms. The number of fused-ring (bicyclic) bond motifs is 1. The molecule has 11 aromatic rings. The van der Waals surface area contributed by atoms with E-state index in [0.29, 0.717) is 29.2 Å². The Balaban J connectivity index is 1.15. The first kappa shape index (κ1) is 45.6. The molecule has 0 aliphatic rings. The van der Waals surface area contributed by atoms with Crippen LogP contribution in [0.4, 0.5) is 17.5 Å². The number of rotatable bonds is 11. The van der Waals surface area contributed by atoms with Crippen molar-refractivity contribution in [2.24, 2.45) is 0 Å². The van der Waals surface area contributed by atoms with Crippen molar-refractivity contribution in [1.82, 2.24) is 24.9 Å². The highest BCUT2D eigenvalue weighted by molar-refractivity contribution is 5.88. The third kappa shape index (κ3) is 9.18. The van der Waals surface area contributed by atoms with Gasteiger partial charge in [-0.25, -0.2) is 15.0 Å². The molecular weight excluding hydrogens is 877 g/mol. The van der Waals surface area contributed by atoms with Crippen LogP contribution in [0.25, 0.3) is 67.3 Å². The number of hydrogen-bond donors (Lipinski definition) is 0. The molecule has 0 atom stereocenters. The molecule has 348 valence electrons. The predicted octanol–water partition coefficient (Wildman–Crippen LogP) is 16.7. The molecule has 6 nitrogen and oxygen atoms in total. The second-order valence-electron chi connectivity index (χ2n) is 18.9. The first-order valence-corrected chi connectivity index (χ1v) is 24.6. The van der Waals surface area contributed by atoms with Gasteiger partial charge < -0.3 is 0 Å². The minimum Gasteiger partial charge on any atom is -0.263 e. The molecule has 0 N–H and O–H groups in total. The van der Waals surface area contributed by atoms with Gasteiger partial charge in [-0.3, -0.25) is 4.90 Å². The van der Waals surface area contributed by atoms with Gasteiger partial charge in [0, 0.05) is 34.2 Å². The summed E-state index contributed by atoms with van der Waals surface area (Å²) in [6.07, 6.45) is 0. The lowest BCUT2D eigenvalue weighted by molar-refractivity contribution is 0.918. The summed E-state index contributed by atoms with van der Waals surface area (Å²) < 4.78 is 0. The fourth-order valence-corrected chi connectivity index (χ4v) is 10.5. The van der Waals surface area contributed by atoms with Crippen LogP contribution in [-0.4, -0.2) is 24.9 Å². The minimum atomic E-state index is -0.00995. The van der Waals surface area contributed by atoms with Crippen LogP contribution in [0.2, 0.25) is 0 Å². The van der Waals surface area contributed by atoms with Crippen molar-refractivity contribution in [1.29, 1.82) is 0 Å². The summed E-state index contributed by atoms with van der Waals surface area (Å²) in [4.78, 5) is 28.7. The number of nitrogens with zero attached hydrogens (tertiary/aromatic N) is 6. The first-order chi connectivity index (χ1) is 35.1. The molecule has 0 saturated heterocycles. The summed E-state index contributed by atoms with van der Waals surface area (Å²) in [5.41, 5.74) is 19.0. The smallest absolute Gasteiger partial charge is 0.239 e. The Morgan fingerprint density at radius 3 is 1.31 bits per heavy atom. The molecule has 2 heterocycles. The number of benzene rings is 9. The van der Waals surface area contributed by atoms with E-state index in [0.717, 1.165) is 55.5 Å². The van der Waals surface area contributed by atoms with Gasteiger partial charge in [-0.1, -0.05) is 199 Å². The van der Waals surface area contributed by atoms with E-state index in [2.05, 4.69) is 204 Å². The summed E-state index contributed by atoms with van der Waals surface area (Å²) in [6, 6.07) is 74.3. The second-order valence-corrected chi connectivity index (χ2v) is 18.9. The Morgan fingerprint density at radius 1 is 0.333 bits per heavy atom. The van der Waals surface area contributed by atoms with Crippen LogP contribution in [0.1, 0.15) is 56.0 Å². The zero-order chi connectivity index (χ0) is 49.3. The molecule has 9 aromatic carbocycles. The van der Waals surface area contributed by atoms with E-state index in [1.807, 2.05) is 54.6 Å². The van der Waals surface area contributed by atoms with Crippen molar-refractivity contribution >= 4 is 28.2 Å². The number of hydrogen-bond acceptors (Lipinski definition) is 6. The first-order valence-electron chi connectivity index (χ1n) is 24.6. The van der Waals surface area contributed by atoms with Crippen molar-refractivity contribution in [3.8, 4) is 56.5 Å². The van der Waals surface area contributed by atoms with E-state index in [4.69, 9.17) is 24.9 Å². The largest absolute Gasteiger partial charge is 0.263 e. The van der Waals surface area contributed by atoms with Gasteiger partial charge in [0.05, 0.1) is 11.4 Å². The lowest BCUT2D eigenvalue weighted by Crippen LogP contribution is -2.18. The topological polar surface area (TPSA) is 67.7 Å². The molecule has 6 heteroatoms. The minimum absolute atomic E-state index is 0.00995. The molecule has 0 amide bonds. The molecule has 0 radical (unpaired) electrons. The van der Waals surface area contributed by atoms with E-state index >= 15 is 0 Å². The highest BCUT2D eigenvalue weighted by Gasteiger charge is 2.27. The van der Waals surface area contributed by atoms with Crippen LogP contribution in [0.5, 0.6) is 0 Å². The third-order valence-corrected chi connectivity index (χ3v) is 13.7. The van der Waals surface area contributed by atoms with Crippen LogP contribution in [0.15, 0.2) is 212 Å². The van der Waals surface area contributed by atoms with E-state index in [-0.39, 0.29) is 5.92 Å². The second kappa shape index (κ2) is 19.5. The normalized spacial score (nSPS) is 11.3. The molecule has 0 saturated carbocycles. The zero-order valence-electron chi connectivity index (χ0n) is 41.5. The van der Waals surface area contributed by atoms with Crippen LogP contribution in [-0.2, 0) is 0 Å². The van der Waals surface area contributed by atoms with Gasteiger partial charge >= 0.3 is 0 Å². The Bertz CT molecular complexity index is 3640. The zero-order valence-corrected chi connectivity index (χ0v) is 41.5.